The zero-order valence-corrected chi connectivity index (χ0v) is 21.4. The van der Waals surface area contributed by atoms with Crippen LogP contribution in [0, 0.1) is 5.82 Å². The Labute approximate surface area is 215 Å². The third-order valence-electron chi connectivity index (χ3n) is 7.06. The Balaban J connectivity index is 1.66. The fraction of sp³-hybridized carbons (Fsp3) is 0.444. The summed E-state index contributed by atoms with van der Waals surface area (Å²) in [6, 6.07) is 7.75. The highest BCUT2D eigenvalue weighted by Gasteiger charge is 2.27. The average Bonchev–Trinajstić information content (AvgIpc) is 3.31. The van der Waals surface area contributed by atoms with Crippen molar-refractivity contribution in [2.24, 2.45) is 0 Å². The topological polar surface area (TPSA) is 82.5 Å². The molecule has 0 radical (unpaired) electrons. The van der Waals surface area contributed by atoms with Crippen LogP contribution in [0.5, 0.6) is 11.5 Å². The summed E-state index contributed by atoms with van der Waals surface area (Å²) >= 11 is 6.67. The number of ether oxygens (including phenoxy) is 2. The van der Waals surface area contributed by atoms with Gasteiger partial charge in [-0.3, -0.25) is 4.79 Å². The number of aliphatic hydroxyl groups excluding tert-OH is 2. The van der Waals surface area contributed by atoms with Crippen molar-refractivity contribution in [3.8, 4) is 11.5 Å². The number of hydrogen-bond donors (Lipinski definition) is 2. The lowest BCUT2D eigenvalue weighted by molar-refractivity contribution is 0.0753. The Bertz CT molecular complexity index is 1130. The van der Waals surface area contributed by atoms with Crippen molar-refractivity contribution in [3.63, 3.8) is 0 Å². The average molecular weight is 519 g/mol. The molecule has 2 aromatic carbocycles. The van der Waals surface area contributed by atoms with Gasteiger partial charge in [0, 0.05) is 41.4 Å². The van der Waals surface area contributed by atoms with Crippen LogP contribution in [0.4, 0.5) is 4.39 Å². The van der Waals surface area contributed by atoms with E-state index in [1.54, 1.807) is 23.1 Å². The molecule has 2 aliphatic heterocycles. The number of fused-ring (bicyclic) bond motifs is 1. The predicted molar refractivity (Wildman–Crippen MR) is 136 cm³/mol. The minimum Gasteiger partial charge on any atom is -0.496 e. The number of methoxy groups -OCH3 is 1. The van der Waals surface area contributed by atoms with Crippen LogP contribution >= 0.6 is 11.6 Å². The second kappa shape index (κ2) is 11.6. The molecule has 1 unspecified atom stereocenters. The number of likely N-dealkylation sites (tertiary alicyclic amines) is 1. The molecule has 2 heterocycles. The molecular formula is C27H32ClFN2O5. The molecule has 36 heavy (non-hydrogen) atoms. The van der Waals surface area contributed by atoms with Gasteiger partial charge in [0.25, 0.3) is 5.91 Å². The summed E-state index contributed by atoms with van der Waals surface area (Å²) in [5, 5.41) is 19.9. The standard InChI is InChI=1S/C27H32ClFN2O5/c1-30-8-3-4-21(30)7-9-31(13-19-16-36-24-6-5-20(29)12-22(24)26(19)28)27(34)17-10-18(14-32)23(15-33)25(11-17)35-2/h5-6,10-12,21,32-33H,3-4,7-9,13-16H2,1-2H3. The zero-order valence-electron chi connectivity index (χ0n) is 20.6. The molecule has 1 fully saturated rings. The summed E-state index contributed by atoms with van der Waals surface area (Å²) in [6.45, 7) is 1.26. The summed E-state index contributed by atoms with van der Waals surface area (Å²) in [5.74, 6) is 0.176. The highest BCUT2D eigenvalue weighted by atomic mass is 35.5. The van der Waals surface area contributed by atoms with Crippen LogP contribution < -0.4 is 9.47 Å². The van der Waals surface area contributed by atoms with E-state index in [0.29, 0.717) is 56.9 Å². The van der Waals surface area contributed by atoms with E-state index in [1.807, 2.05) is 0 Å². The number of benzene rings is 2. The van der Waals surface area contributed by atoms with Crippen LogP contribution in [0.2, 0.25) is 0 Å². The second-order valence-electron chi connectivity index (χ2n) is 9.27. The summed E-state index contributed by atoms with van der Waals surface area (Å²) in [5.41, 5.74) is 2.37. The SMILES string of the molecule is COc1cc(C(=O)N(CCC2CCCN2C)CC2=C(Cl)c3cc(F)ccc3OC2)cc(CO)c1CO. The first-order valence-electron chi connectivity index (χ1n) is 12.1. The number of carbonyl (C=O) groups is 1. The van der Waals surface area contributed by atoms with E-state index in [9.17, 15) is 19.4 Å². The third-order valence-corrected chi connectivity index (χ3v) is 7.53. The largest absolute Gasteiger partial charge is 0.496 e. The van der Waals surface area contributed by atoms with E-state index in [2.05, 4.69) is 11.9 Å². The molecule has 1 saturated heterocycles. The number of carbonyl (C=O) groups excluding carboxylic acids is 1. The molecular weight excluding hydrogens is 487 g/mol. The van der Waals surface area contributed by atoms with Crippen molar-refractivity contribution < 1.29 is 28.9 Å². The maximum Gasteiger partial charge on any atom is 0.254 e. The van der Waals surface area contributed by atoms with Crippen LogP contribution in [-0.2, 0) is 13.2 Å². The lowest BCUT2D eigenvalue weighted by atomic mass is 10.0. The molecule has 0 bridgehead atoms. The summed E-state index contributed by atoms with van der Waals surface area (Å²) in [4.78, 5) is 17.8. The van der Waals surface area contributed by atoms with Gasteiger partial charge in [-0.2, -0.15) is 0 Å². The molecule has 0 aliphatic carbocycles. The number of aliphatic hydroxyl groups is 2. The first-order valence-corrected chi connectivity index (χ1v) is 12.4. The maximum atomic E-state index is 13.9. The molecule has 0 saturated carbocycles. The molecule has 2 aliphatic rings. The molecule has 1 atom stereocenters. The van der Waals surface area contributed by atoms with Crippen molar-refractivity contribution >= 4 is 22.5 Å². The van der Waals surface area contributed by atoms with Crippen molar-refractivity contribution in [2.45, 2.75) is 38.5 Å². The molecule has 2 N–H and O–H groups in total. The maximum absolute atomic E-state index is 13.9. The van der Waals surface area contributed by atoms with Crippen LogP contribution in [0.1, 0.15) is 46.3 Å². The second-order valence-corrected chi connectivity index (χ2v) is 9.65. The van der Waals surface area contributed by atoms with Gasteiger partial charge in [-0.05, 0) is 68.8 Å². The van der Waals surface area contributed by atoms with Crippen LogP contribution in [0.25, 0.3) is 5.03 Å². The zero-order chi connectivity index (χ0) is 25.8. The molecule has 4 rings (SSSR count). The van der Waals surface area contributed by atoms with Gasteiger partial charge in [-0.15, -0.1) is 0 Å². The minimum absolute atomic E-state index is 0.194. The molecule has 1 amide bonds. The van der Waals surface area contributed by atoms with E-state index >= 15 is 0 Å². The van der Waals surface area contributed by atoms with Crippen molar-refractivity contribution in [1.29, 1.82) is 0 Å². The van der Waals surface area contributed by atoms with Gasteiger partial charge in [0.1, 0.15) is 23.9 Å². The van der Waals surface area contributed by atoms with Crippen molar-refractivity contribution in [2.75, 3.05) is 40.4 Å². The number of nitrogens with zero attached hydrogens (tertiary/aromatic N) is 2. The minimum atomic E-state index is -0.415. The Hall–Kier alpha value is -2.65. The van der Waals surface area contributed by atoms with E-state index in [4.69, 9.17) is 21.1 Å². The Morgan fingerprint density at radius 3 is 2.75 bits per heavy atom. The predicted octanol–water partition coefficient (Wildman–Crippen LogP) is 3.79. The van der Waals surface area contributed by atoms with Gasteiger partial charge < -0.3 is 29.5 Å². The van der Waals surface area contributed by atoms with E-state index < -0.39 is 5.82 Å². The third kappa shape index (κ3) is 5.52. The number of halogens is 2. The molecule has 194 valence electrons. The normalized spacial score (nSPS) is 17.7. The summed E-state index contributed by atoms with van der Waals surface area (Å²) < 4.78 is 25.1. The molecule has 9 heteroatoms. The molecule has 7 nitrogen and oxygen atoms in total. The van der Waals surface area contributed by atoms with Crippen molar-refractivity contribution in [1.82, 2.24) is 9.80 Å². The number of hydrogen-bond acceptors (Lipinski definition) is 6. The molecule has 0 aromatic heterocycles. The van der Waals surface area contributed by atoms with E-state index in [-0.39, 0.29) is 32.3 Å². The van der Waals surface area contributed by atoms with E-state index in [1.165, 1.54) is 19.2 Å². The fourth-order valence-electron chi connectivity index (χ4n) is 4.98. The monoisotopic (exact) mass is 518 g/mol. The summed E-state index contributed by atoms with van der Waals surface area (Å²) in [6.07, 6.45) is 2.99. The Kier molecular flexibility index (Phi) is 8.51. The van der Waals surface area contributed by atoms with Gasteiger partial charge in [0.2, 0.25) is 0 Å². The van der Waals surface area contributed by atoms with Crippen LogP contribution in [0.15, 0.2) is 35.9 Å². The van der Waals surface area contributed by atoms with Gasteiger partial charge in [-0.1, -0.05) is 11.6 Å². The number of amides is 1. The number of rotatable bonds is 9. The van der Waals surface area contributed by atoms with Gasteiger partial charge in [0.05, 0.1) is 25.4 Å². The van der Waals surface area contributed by atoms with Gasteiger partial charge >= 0.3 is 0 Å². The molecule has 0 spiro atoms. The van der Waals surface area contributed by atoms with Gasteiger partial charge in [0.15, 0.2) is 0 Å². The van der Waals surface area contributed by atoms with Crippen LogP contribution in [0.3, 0.4) is 0 Å². The van der Waals surface area contributed by atoms with E-state index in [0.717, 1.165) is 25.8 Å². The Morgan fingerprint density at radius 2 is 2.08 bits per heavy atom. The smallest absolute Gasteiger partial charge is 0.254 e. The Morgan fingerprint density at radius 1 is 1.28 bits per heavy atom. The highest BCUT2D eigenvalue weighted by Crippen LogP contribution is 2.36. The highest BCUT2D eigenvalue weighted by molar-refractivity contribution is 6.49. The quantitative estimate of drug-likeness (QED) is 0.525. The lowest BCUT2D eigenvalue weighted by Gasteiger charge is -2.30. The fourth-order valence-corrected chi connectivity index (χ4v) is 5.24. The summed E-state index contributed by atoms with van der Waals surface area (Å²) in [7, 11) is 3.55. The first kappa shape index (κ1) is 26.4. The van der Waals surface area contributed by atoms with Crippen molar-refractivity contribution in [3.05, 3.63) is 64.0 Å². The first-order chi connectivity index (χ1) is 17.4. The molecule has 2 aromatic rings. The van der Waals surface area contributed by atoms with Gasteiger partial charge in [-0.25, -0.2) is 4.39 Å². The lowest BCUT2D eigenvalue weighted by Crippen LogP contribution is -2.38. The van der Waals surface area contributed by atoms with Crippen LogP contribution in [-0.4, -0.2) is 72.4 Å².